The molecule has 0 aromatic heterocycles. The van der Waals surface area contributed by atoms with E-state index in [0.717, 1.165) is 0 Å². The van der Waals surface area contributed by atoms with Crippen LogP contribution in [0.3, 0.4) is 0 Å². The van der Waals surface area contributed by atoms with Crippen molar-refractivity contribution >= 4 is 23.4 Å². The number of carbonyl (C=O) groups excluding carboxylic acids is 2. The number of hydrogen-bond acceptors (Lipinski definition) is 3. The summed E-state index contributed by atoms with van der Waals surface area (Å²) in [7, 11) is 0. The van der Waals surface area contributed by atoms with Gasteiger partial charge in [0.05, 0.1) is 5.02 Å². The van der Waals surface area contributed by atoms with Crippen LogP contribution in [0.1, 0.15) is 13.8 Å². The molecule has 1 aliphatic heterocycles. The predicted molar refractivity (Wildman–Crippen MR) is 80.4 cm³/mol. The Bertz CT molecular complexity index is 527. The first-order valence-electron chi connectivity index (χ1n) is 6.94. The summed E-state index contributed by atoms with van der Waals surface area (Å²) in [6.45, 7) is 5.46. The maximum absolute atomic E-state index is 12.3. The van der Waals surface area contributed by atoms with E-state index < -0.39 is 6.10 Å². The highest BCUT2D eigenvalue weighted by molar-refractivity contribution is 6.32. The van der Waals surface area contributed by atoms with Gasteiger partial charge < -0.3 is 14.5 Å². The van der Waals surface area contributed by atoms with Crippen LogP contribution < -0.4 is 4.74 Å². The third-order valence-corrected chi connectivity index (χ3v) is 3.84. The number of amides is 2. The normalized spacial score (nSPS) is 16.5. The van der Waals surface area contributed by atoms with Gasteiger partial charge in [0.25, 0.3) is 5.91 Å². The van der Waals surface area contributed by atoms with Crippen LogP contribution >= 0.6 is 11.6 Å². The fraction of sp³-hybridized carbons (Fsp3) is 0.467. The molecule has 2 amide bonds. The molecule has 0 N–H and O–H groups in total. The molecule has 1 aliphatic rings. The monoisotopic (exact) mass is 310 g/mol. The van der Waals surface area contributed by atoms with E-state index in [1.165, 1.54) is 0 Å². The van der Waals surface area contributed by atoms with Crippen LogP contribution in [0.5, 0.6) is 5.75 Å². The van der Waals surface area contributed by atoms with Gasteiger partial charge in [-0.05, 0) is 19.1 Å². The van der Waals surface area contributed by atoms with E-state index in [2.05, 4.69) is 0 Å². The topological polar surface area (TPSA) is 49.9 Å². The summed E-state index contributed by atoms with van der Waals surface area (Å²) in [5.74, 6) is 0.461. The van der Waals surface area contributed by atoms with Crippen molar-refractivity contribution in [1.82, 2.24) is 9.80 Å². The average molecular weight is 311 g/mol. The summed E-state index contributed by atoms with van der Waals surface area (Å²) in [5, 5.41) is 0.485. The zero-order chi connectivity index (χ0) is 15.4. The standard InChI is InChI=1S/C15H19ClN2O3/c1-11(21-14-6-4-3-5-13(14)16)15(20)18-9-7-17(8-10-18)12(2)19/h3-6,11H,7-10H2,1-2H3. The van der Waals surface area contributed by atoms with Gasteiger partial charge in [-0.1, -0.05) is 23.7 Å². The van der Waals surface area contributed by atoms with Crippen molar-refractivity contribution in [1.29, 1.82) is 0 Å². The molecule has 6 heteroatoms. The Kier molecular flexibility index (Phi) is 5.07. The zero-order valence-electron chi connectivity index (χ0n) is 12.2. The molecule has 1 unspecified atom stereocenters. The Morgan fingerprint density at radius 3 is 2.29 bits per heavy atom. The lowest BCUT2D eigenvalue weighted by molar-refractivity contribution is -0.143. The van der Waals surface area contributed by atoms with Crippen molar-refractivity contribution < 1.29 is 14.3 Å². The summed E-state index contributed by atoms with van der Waals surface area (Å²) in [6.07, 6.45) is -0.603. The highest BCUT2D eigenvalue weighted by Gasteiger charge is 2.27. The molecule has 1 atom stereocenters. The van der Waals surface area contributed by atoms with Crippen molar-refractivity contribution in [3.8, 4) is 5.75 Å². The van der Waals surface area contributed by atoms with E-state index in [1.807, 2.05) is 12.1 Å². The second-order valence-corrected chi connectivity index (χ2v) is 5.43. The molecule has 0 bridgehead atoms. The number of hydrogen-bond donors (Lipinski definition) is 0. The van der Waals surface area contributed by atoms with E-state index in [4.69, 9.17) is 16.3 Å². The Labute approximate surface area is 129 Å². The minimum absolute atomic E-state index is 0.0439. The minimum atomic E-state index is -0.603. The van der Waals surface area contributed by atoms with Gasteiger partial charge in [0, 0.05) is 33.1 Å². The molecule has 0 aliphatic carbocycles. The number of nitrogens with zero attached hydrogens (tertiary/aromatic N) is 2. The number of halogens is 1. The van der Waals surface area contributed by atoms with E-state index in [0.29, 0.717) is 37.0 Å². The first-order chi connectivity index (χ1) is 9.99. The molecule has 5 nitrogen and oxygen atoms in total. The summed E-state index contributed by atoms with van der Waals surface area (Å²) in [6, 6.07) is 7.08. The molecule has 1 fully saturated rings. The molecule has 0 saturated carbocycles. The smallest absolute Gasteiger partial charge is 0.263 e. The number of carbonyl (C=O) groups is 2. The van der Waals surface area contributed by atoms with Gasteiger partial charge >= 0.3 is 0 Å². The first-order valence-corrected chi connectivity index (χ1v) is 7.32. The largest absolute Gasteiger partial charge is 0.479 e. The number of rotatable bonds is 3. The van der Waals surface area contributed by atoms with Gasteiger partial charge in [-0.2, -0.15) is 0 Å². The summed E-state index contributed by atoms with van der Waals surface area (Å²) in [5.41, 5.74) is 0. The molecule has 2 rings (SSSR count). The second-order valence-electron chi connectivity index (χ2n) is 5.02. The average Bonchev–Trinajstić information content (AvgIpc) is 2.49. The third kappa shape index (κ3) is 3.88. The number of ether oxygens (including phenoxy) is 1. The van der Waals surface area contributed by atoms with Crippen LogP contribution in [0.15, 0.2) is 24.3 Å². The van der Waals surface area contributed by atoms with Crippen molar-refractivity contribution in [2.24, 2.45) is 0 Å². The molecule has 1 aromatic rings. The van der Waals surface area contributed by atoms with Crippen molar-refractivity contribution in [2.75, 3.05) is 26.2 Å². The van der Waals surface area contributed by atoms with Crippen molar-refractivity contribution in [3.63, 3.8) is 0 Å². The van der Waals surface area contributed by atoms with Crippen LogP contribution in [-0.2, 0) is 9.59 Å². The molecule has 0 spiro atoms. The number of piperazine rings is 1. The summed E-state index contributed by atoms with van der Waals surface area (Å²) < 4.78 is 5.63. The molecule has 1 heterocycles. The molecule has 0 radical (unpaired) electrons. The van der Waals surface area contributed by atoms with Gasteiger partial charge in [0.1, 0.15) is 5.75 Å². The zero-order valence-corrected chi connectivity index (χ0v) is 13.0. The van der Waals surface area contributed by atoms with E-state index in [1.54, 1.807) is 35.8 Å². The Balaban J connectivity index is 1.92. The molecule has 1 aromatic carbocycles. The van der Waals surface area contributed by atoms with Crippen molar-refractivity contribution in [2.45, 2.75) is 20.0 Å². The number of benzene rings is 1. The van der Waals surface area contributed by atoms with Crippen LogP contribution in [0, 0.1) is 0 Å². The Morgan fingerprint density at radius 1 is 1.14 bits per heavy atom. The van der Waals surface area contributed by atoms with Crippen LogP contribution in [-0.4, -0.2) is 53.9 Å². The van der Waals surface area contributed by atoms with Crippen LogP contribution in [0.25, 0.3) is 0 Å². The molecule has 114 valence electrons. The fourth-order valence-corrected chi connectivity index (χ4v) is 2.46. The first kappa shape index (κ1) is 15.6. The van der Waals surface area contributed by atoms with E-state index >= 15 is 0 Å². The van der Waals surface area contributed by atoms with Gasteiger partial charge in [0.2, 0.25) is 5.91 Å². The van der Waals surface area contributed by atoms with Gasteiger partial charge in [0.15, 0.2) is 6.10 Å². The van der Waals surface area contributed by atoms with E-state index in [9.17, 15) is 9.59 Å². The molecular formula is C15H19ClN2O3. The number of para-hydroxylation sites is 1. The van der Waals surface area contributed by atoms with Gasteiger partial charge in [-0.15, -0.1) is 0 Å². The molecular weight excluding hydrogens is 292 g/mol. The maximum Gasteiger partial charge on any atom is 0.263 e. The third-order valence-electron chi connectivity index (χ3n) is 3.52. The maximum atomic E-state index is 12.3. The van der Waals surface area contributed by atoms with Crippen LogP contribution in [0.2, 0.25) is 5.02 Å². The van der Waals surface area contributed by atoms with E-state index in [-0.39, 0.29) is 11.8 Å². The predicted octanol–water partition coefficient (Wildman–Crippen LogP) is 1.80. The van der Waals surface area contributed by atoms with Gasteiger partial charge in [-0.3, -0.25) is 9.59 Å². The highest BCUT2D eigenvalue weighted by atomic mass is 35.5. The SMILES string of the molecule is CC(=O)N1CCN(C(=O)C(C)Oc2ccccc2Cl)CC1. The summed E-state index contributed by atoms with van der Waals surface area (Å²) >= 11 is 6.02. The Hall–Kier alpha value is -1.75. The highest BCUT2D eigenvalue weighted by Crippen LogP contribution is 2.24. The summed E-state index contributed by atoms with van der Waals surface area (Å²) in [4.78, 5) is 27.1. The molecule has 1 saturated heterocycles. The fourth-order valence-electron chi connectivity index (χ4n) is 2.28. The lowest BCUT2D eigenvalue weighted by Gasteiger charge is -2.35. The lowest BCUT2D eigenvalue weighted by atomic mass is 10.2. The van der Waals surface area contributed by atoms with Gasteiger partial charge in [-0.25, -0.2) is 0 Å². The minimum Gasteiger partial charge on any atom is -0.479 e. The second kappa shape index (κ2) is 6.80. The molecule has 21 heavy (non-hydrogen) atoms. The van der Waals surface area contributed by atoms with Crippen LogP contribution in [0.4, 0.5) is 0 Å². The Morgan fingerprint density at radius 2 is 1.71 bits per heavy atom. The lowest BCUT2D eigenvalue weighted by Crippen LogP contribution is -2.52. The van der Waals surface area contributed by atoms with Crippen molar-refractivity contribution in [3.05, 3.63) is 29.3 Å². The quantitative estimate of drug-likeness (QED) is 0.855.